The lowest BCUT2D eigenvalue weighted by Gasteiger charge is -2.20. The Hall–Kier alpha value is -2.35. The number of rotatable bonds is 7. The van der Waals surface area contributed by atoms with Crippen molar-refractivity contribution in [2.75, 3.05) is 11.4 Å². The molecular formula is C25H27ClN4OS2. The molecule has 8 heteroatoms. The van der Waals surface area contributed by atoms with Crippen LogP contribution in [0.5, 0.6) is 0 Å². The van der Waals surface area contributed by atoms with E-state index in [1.807, 2.05) is 67.9 Å². The van der Waals surface area contributed by atoms with Crippen LogP contribution in [0.3, 0.4) is 0 Å². The molecule has 0 N–H and O–H groups in total. The van der Waals surface area contributed by atoms with Gasteiger partial charge in [0.15, 0.2) is 5.13 Å². The highest BCUT2D eigenvalue weighted by molar-refractivity contribution is 7.99. The standard InChI is InChI=1S/C25H27ClN4OS2/c1-15(2)32-21-8-6-19(7-9-21)24(31)29(10-11-30-18(5)13-17(4)28-30)25-27-23-16(3)12-20(26)14-22(23)33-25/h6-9,12-15H,10-11H2,1-5H3. The fraction of sp³-hybridized carbons (Fsp3) is 0.320. The summed E-state index contributed by atoms with van der Waals surface area (Å²) in [5.41, 5.74) is 4.56. The molecule has 0 aliphatic rings. The van der Waals surface area contributed by atoms with Crippen LogP contribution in [-0.2, 0) is 6.54 Å². The lowest BCUT2D eigenvalue weighted by atomic mass is 10.2. The van der Waals surface area contributed by atoms with Gasteiger partial charge in [0, 0.05) is 33.0 Å². The number of thioether (sulfide) groups is 1. The molecule has 1 amide bonds. The quantitative estimate of drug-likeness (QED) is 0.259. The van der Waals surface area contributed by atoms with E-state index in [1.165, 1.54) is 11.3 Å². The monoisotopic (exact) mass is 498 g/mol. The zero-order chi connectivity index (χ0) is 23.7. The summed E-state index contributed by atoms with van der Waals surface area (Å²) in [5.74, 6) is -0.0690. The highest BCUT2D eigenvalue weighted by atomic mass is 35.5. The number of carbonyl (C=O) groups is 1. The number of hydrogen-bond acceptors (Lipinski definition) is 5. The largest absolute Gasteiger partial charge is 0.282 e. The lowest BCUT2D eigenvalue weighted by Crippen LogP contribution is -2.34. The number of thiazole rings is 1. The molecule has 0 saturated carbocycles. The van der Waals surface area contributed by atoms with Gasteiger partial charge in [-0.15, -0.1) is 11.8 Å². The number of carbonyl (C=O) groups excluding carboxylic acids is 1. The molecule has 5 nitrogen and oxygen atoms in total. The van der Waals surface area contributed by atoms with E-state index in [0.717, 1.165) is 32.1 Å². The van der Waals surface area contributed by atoms with Crippen LogP contribution in [0.25, 0.3) is 10.2 Å². The maximum atomic E-state index is 13.6. The van der Waals surface area contributed by atoms with E-state index in [0.29, 0.717) is 34.1 Å². The first-order valence-electron chi connectivity index (χ1n) is 10.9. The van der Waals surface area contributed by atoms with Gasteiger partial charge in [-0.2, -0.15) is 5.10 Å². The van der Waals surface area contributed by atoms with Crippen LogP contribution in [0.4, 0.5) is 5.13 Å². The Morgan fingerprint density at radius 1 is 1.15 bits per heavy atom. The van der Waals surface area contributed by atoms with E-state index in [9.17, 15) is 4.79 Å². The van der Waals surface area contributed by atoms with Gasteiger partial charge in [-0.1, -0.05) is 36.8 Å². The van der Waals surface area contributed by atoms with E-state index in [-0.39, 0.29) is 5.91 Å². The van der Waals surface area contributed by atoms with Gasteiger partial charge in [0.25, 0.3) is 5.91 Å². The van der Waals surface area contributed by atoms with Crippen molar-refractivity contribution in [3.8, 4) is 0 Å². The number of amides is 1. The van der Waals surface area contributed by atoms with Crippen LogP contribution in [0.2, 0.25) is 5.02 Å². The number of nitrogens with zero attached hydrogens (tertiary/aromatic N) is 4. The van der Waals surface area contributed by atoms with Crippen molar-refractivity contribution in [3.63, 3.8) is 0 Å². The van der Waals surface area contributed by atoms with Gasteiger partial charge in [0.05, 0.1) is 22.5 Å². The normalized spacial score (nSPS) is 11.5. The molecule has 0 aliphatic carbocycles. The Morgan fingerprint density at radius 2 is 1.88 bits per heavy atom. The molecule has 2 aromatic heterocycles. The molecule has 0 atom stereocenters. The van der Waals surface area contributed by atoms with Crippen molar-refractivity contribution in [2.45, 2.75) is 51.3 Å². The Bertz CT molecular complexity index is 1290. The molecule has 172 valence electrons. The summed E-state index contributed by atoms with van der Waals surface area (Å²) in [4.78, 5) is 21.4. The topological polar surface area (TPSA) is 51.0 Å². The third kappa shape index (κ3) is 5.42. The molecule has 4 aromatic rings. The summed E-state index contributed by atoms with van der Waals surface area (Å²) in [7, 11) is 0. The summed E-state index contributed by atoms with van der Waals surface area (Å²) in [6.07, 6.45) is 0. The van der Waals surface area contributed by atoms with Crippen molar-refractivity contribution in [2.24, 2.45) is 0 Å². The number of halogens is 1. The van der Waals surface area contributed by atoms with Crippen LogP contribution in [0, 0.1) is 20.8 Å². The van der Waals surface area contributed by atoms with E-state index >= 15 is 0 Å². The SMILES string of the molecule is Cc1cc(C)n(CCN(C(=O)c2ccc(SC(C)C)cc2)c2nc3c(C)cc(Cl)cc3s2)n1. The van der Waals surface area contributed by atoms with Gasteiger partial charge in [-0.3, -0.25) is 14.4 Å². The molecule has 0 aliphatic heterocycles. The summed E-state index contributed by atoms with van der Waals surface area (Å²) in [6, 6.07) is 13.7. The summed E-state index contributed by atoms with van der Waals surface area (Å²) in [6.45, 7) is 11.4. The molecule has 0 spiro atoms. The van der Waals surface area contributed by atoms with Crippen molar-refractivity contribution < 1.29 is 4.79 Å². The molecule has 33 heavy (non-hydrogen) atoms. The summed E-state index contributed by atoms with van der Waals surface area (Å²) < 4.78 is 2.91. The zero-order valence-corrected chi connectivity index (χ0v) is 21.8. The minimum Gasteiger partial charge on any atom is -0.282 e. The molecule has 2 heterocycles. The molecule has 0 bridgehead atoms. The number of benzene rings is 2. The van der Waals surface area contributed by atoms with E-state index in [2.05, 4.69) is 18.9 Å². The molecule has 4 rings (SSSR count). The second kappa shape index (κ2) is 9.87. The smallest absolute Gasteiger partial charge is 0.260 e. The number of anilines is 1. The molecular weight excluding hydrogens is 472 g/mol. The molecule has 0 fully saturated rings. The fourth-order valence-electron chi connectivity index (χ4n) is 3.74. The van der Waals surface area contributed by atoms with Gasteiger partial charge in [-0.25, -0.2) is 4.98 Å². The Morgan fingerprint density at radius 3 is 2.52 bits per heavy atom. The third-order valence-electron chi connectivity index (χ3n) is 5.23. The number of fused-ring (bicyclic) bond motifs is 1. The number of aryl methyl sites for hydroxylation is 3. The average Bonchev–Trinajstić information content (AvgIpc) is 3.30. The highest BCUT2D eigenvalue weighted by Gasteiger charge is 2.22. The predicted molar refractivity (Wildman–Crippen MR) is 140 cm³/mol. The Labute approximate surface area is 207 Å². The van der Waals surface area contributed by atoms with Crippen LogP contribution >= 0.6 is 34.7 Å². The van der Waals surface area contributed by atoms with Crippen LogP contribution in [0.1, 0.15) is 41.2 Å². The van der Waals surface area contributed by atoms with Crippen molar-refractivity contribution >= 4 is 56.0 Å². The van der Waals surface area contributed by atoms with Gasteiger partial charge in [-0.05, 0) is 68.8 Å². The average molecular weight is 499 g/mol. The maximum absolute atomic E-state index is 13.6. The van der Waals surface area contributed by atoms with Crippen LogP contribution < -0.4 is 4.90 Å². The van der Waals surface area contributed by atoms with E-state index in [1.54, 1.807) is 16.7 Å². The molecule has 0 radical (unpaired) electrons. The van der Waals surface area contributed by atoms with Crippen LogP contribution in [0.15, 0.2) is 47.4 Å². The van der Waals surface area contributed by atoms with Gasteiger partial charge < -0.3 is 0 Å². The lowest BCUT2D eigenvalue weighted by molar-refractivity contribution is 0.0985. The van der Waals surface area contributed by atoms with Gasteiger partial charge >= 0.3 is 0 Å². The van der Waals surface area contributed by atoms with Gasteiger partial charge in [0.1, 0.15) is 0 Å². The van der Waals surface area contributed by atoms with E-state index < -0.39 is 0 Å². The fourth-order valence-corrected chi connectivity index (χ4v) is 6.02. The minimum absolute atomic E-state index is 0.0690. The Balaban J connectivity index is 1.68. The van der Waals surface area contributed by atoms with Gasteiger partial charge in [0.2, 0.25) is 0 Å². The zero-order valence-electron chi connectivity index (χ0n) is 19.4. The van der Waals surface area contributed by atoms with Crippen molar-refractivity contribution in [3.05, 3.63) is 70.0 Å². The minimum atomic E-state index is -0.0690. The summed E-state index contributed by atoms with van der Waals surface area (Å²) >= 11 is 9.54. The first-order valence-corrected chi connectivity index (χ1v) is 12.9. The van der Waals surface area contributed by atoms with Crippen molar-refractivity contribution in [1.82, 2.24) is 14.8 Å². The second-order valence-corrected chi connectivity index (χ2v) is 11.5. The Kier molecular flexibility index (Phi) is 7.12. The number of hydrogen-bond donors (Lipinski definition) is 0. The maximum Gasteiger partial charge on any atom is 0.260 e. The molecule has 0 unspecified atom stereocenters. The number of aromatic nitrogens is 3. The molecule has 2 aromatic carbocycles. The van der Waals surface area contributed by atoms with Crippen LogP contribution in [-0.4, -0.2) is 32.5 Å². The first-order chi connectivity index (χ1) is 15.7. The summed E-state index contributed by atoms with van der Waals surface area (Å²) in [5, 5.41) is 6.39. The third-order valence-corrected chi connectivity index (χ3v) is 7.49. The molecule has 0 saturated heterocycles. The first kappa shape index (κ1) is 23.8. The van der Waals surface area contributed by atoms with Crippen molar-refractivity contribution in [1.29, 1.82) is 0 Å². The second-order valence-electron chi connectivity index (χ2n) is 8.36. The highest BCUT2D eigenvalue weighted by Crippen LogP contribution is 2.34. The van der Waals surface area contributed by atoms with E-state index in [4.69, 9.17) is 16.6 Å². The predicted octanol–water partition coefficient (Wildman–Crippen LogP) is 6.92.